The minimum Gasteiger partial charge on any atom is -0.501 e. The molecule has 108 valence electrons. The zero-order valence-electron chi connectivity index (χ0n) is 12.0. The standard InChI is InChI=1S/C15H15N3O2S/c1-16-13-11(19)7-10-15(14(13)20)21-12-6-8(18(2)3)4-5-9(12)17-10/h4-7,17,20H,1-3H3/p+1. The Labute approximate surface area is 125 Å². The van der Waals surface area contributed by atoms with E-state index < -0.39 is 0 Å². The van der Waals surface area contributed by atoms with Crippen molar-refractivity contribution < 1.29 is 10.1 Å². The first-order chi connectivity index (χ1) is 10.0. The van der Waals surface area contributed by atoms with Gasteiger partial charge in [-0.15, -0.1) is 11.3 Å². The van der Waals surface area contributed by atoms with Crippen LogP contribution in [0.15, 0.2) is 29.1 Å². The van der Waals surface area contributed by atoms with Gasteiger partial charge < -0.3 is 15.0 Å². The number of aromatic nitrogens is 1. The molecule has 1 aromatic rings. The van der Waals surface area contributed by atoms with Gasteiger partial charge in [-0.3, -0.25) is 4.79 Å². The maximum Gasteiger partial charge on any atom is 0.289 e. The molecule has 0 fully saturated rings. The van der Waals surface area contributed by atoms with Gasteiger partial charge in [-0.25, -0.2) is 4.99 Å². The molecule has 6 heteroatoms. The van der Waals surface area contributed by atoms with Crippen molar-refractivity contribution in [3.63, 3.8) is 0 Å². The highest BCUT2D eigenvalue weighted by Gasteiger charge is 2.18. The molecule has 1 aliphatic carbocycles. The van der Waals surface area contributed by atoms with E-state index in [1.807, 2.05) is 31.1 Å². The molecule has 1 aliphatic heterocycles. The molecule has 3 N–H and O–H groups in total. The average Bonchev–Trinajstić information content (AvgIpc) is 2.45. The van der Waals surface area contributed by atoms with Gasteiger partial charge in [0.05, 0.1) is 15.9 Å². The van der Waals surface area contributed by atoms with Crippen LogP contribution in [0.2, 0.25) is 0 Å². The molecule has 2 aliphatic rings. The highest BCUT2D eigenvalue weighted by atomic mass is 32.1. The number of phenols is 1. The van der Waals surface area contributed by atoms with Crippen molar-refractivity contribution in [2.24, 2.45) is 0 Å². The Morgan fingerprint density at radius 3 is 2.71 bits per heavy atom. The van der Waals surface area contributed by atoms with Crippen molar-refractivity contribution in [2.75, 3.05) is 26.0 Å². The number of hydrogen-bond donors (Lipinski definition) is 3. The minimum atomic E-state index is -0.227. The summed E-state index contributed by atoms with van der Waals surface area (Å²) in [6.07, 6.45) is 0. The second kappa shape index (κ2) is 4.89. The summed E-state index contributed by atoms with van der Waals surface area (Å²) in [6, 6.07) is 7.56. The third-order valence-electron chi connectivity index (χ3n) is 3.43. The molecule has 21 heavy (non-hydrogen) atoms. The molecule has 0 saturated carbocycles. The zero-order chi connectivity index (χ0) is 15.1. The number of nitrogens with one attached hydrogen (secondary N) is 2. The van der Waals surface area contributed by atoms with Gasteiger partial charge in [-0.05, 0) is 18.2 Å². The number of H-pyrrole nitrogens is 1. The number of hydrogen-bond acceptors (Lipinski definition) is 4. The van der Waals surface area contributed by atoms with E-state index in [1.54, 1.807) is 7.05 Å². The van der Waals surface area contributed by atoms with E-state index in [1.165, 1.54) is 17.4 Å². The number of anilines is 1. The summed E-state index contributed by atoms with van der Waals surface area (Å²) in [5.41, 5.74) is 2.44. The van der Waals surface area contributed by atoms with E-state index in [0.717, 1.165) is 15.9 Å². The first kappa shape index (κ1) is 13.6. The van der Waals surface area contributed by atoms with Gasteiger partial charge in [0.1, 0.15) is 11.9 Å². The topological polar surface area (TPSA) is 70.3 Å². The highest BCUT2D eigenvalue weighted by molar-refractivity contribution is 7.21. The molecule has 0 atom stereocenters. The largest absolute Gasteiger partial charge is 0.501 e. The molecule has 0 spiro atoms. The van der Waals surface area contributed by atoms with Gasteiger partial charge in [0.2, 0.25) is 5.75 Å². The quantitative estimate of drug-likeness (QED) is 0.558. The summed E-state index contributed by atoms with van der Waals surface area (Å²) in [4.78, 5) is 20.6. The number of benzene rings is 2. The van der Waals surface area contributed by atoms with E-state index >= 15 is 0 Å². The number of aromatic hydroxyl groups is 1. The summed E-state index contributed by atoms with van der Waals surface area (Å²) >= 11 is 1.46. The Balaban J connectivity index is 2.43. The Morgan fingerprint density at radius 2 is 2.05 bits per heavy atom. The van der Waals surface area contributed by atoms with E-state index in [9.17, 15) is 9.90 Å². The van der Waals surface area contributed by atoms with E-state index in [4.69, 9.17) is 0 Å². The van der Waals surface area contributed by atoms with Gasteiger partial charge in [-0.2, -0.15) is 0 Å². The average molecular weight is 302 g/mol. The number of nitrogens with zero attached hydrogens (tertiary/aromatic N) is 1. The maximum absolute atomic E-state index is 11.9. The summed E-state index contributed by atoms with van der Waals surface area (Å²) in [5, 5.41) is 10.5. The predicted octanol–water partition coefficient (Wildman–Crippen LogP) is 0.0771. The number of aromatic amines is 1. The molecule has 0 bridgehead atoms. The van der Waals surface area contributed by atoms with Gasteiger partial charge in [0, 0.05) is 25.8 Å². The van der Waals surface area contributed by atoms with Crippen molar-refractivity contribution >= 4 is 27.2 Å². The second-order valence-corrected chi connectivity index (χ2v) is 6.08. The summed E-state index contributed by atoms with van der Waals surface area (Å²) in [5.74, 6) is -0.00148. The third-order valence-corrected chi connectivity index (χ3v) is 4.61. The molecule has 0 unspecified atom stereocenters. The molecule has 0 aromatic heterocycles. The molecule has 1 heterocycles. The Hall–Kier alpha value is -2.34. The van der Waals surface area contributed by atoms with Crippen molar-refractivity contribution in [3.05, 3.63) is 39.8 Å². The monoisotopic (exact) mass is 302 g/mol. The zero-order valence-corrected chi connectivity index (χ0v) is 12.8. The highest BCUT2D eigenvalue weighted by Crippen LogP contribution is 2.35. The van der Waals surface area contributed by atoms with Crippen LogP contribution in [0.25, 0.3) is 20.8 Å². The van der Waals surface area contributed by atoms with Crippen molar-refractivity contribution in [3.8, 4) is 16.3 Å². The fraction of sp³-hybridized carbons (Fsp3) is 0.200. The first-order valence-electron chi connectivity index (χ1n) is 6.52. The van der Waals surface area contributed by atoms with Crippen LogP contribution in [0.3, 0.4) is 0 Å². The SMILES string of the molecule is C[NH+]=c1c(O)c2sc3cc(N(C)C)ccc3[nH]c-2cc1=O. The molecule has 3 rings (SSSR count). The van der Waals surface area contributed by atoms with Gasteiger partial charge in [0.15, 0.2) is 0 Å². The van der Waals surface area contributed by atoms with Crippen LogP contribution in [0.5, 0.6) is 5.75 Å². The minimum absolute atomic E-state index is 0.00148. The molecule has 0 saturated heterocycles. The normalized spacial score (nSPS) is 12.2. The fourth-order valence-electron chi connectivity index (χ4n) is 2.30. The van der Waals surface area contributed by atoms with Crippen LogP contribution in [0, 0.1) is 0 Å². The van der Waals surface area contributed by atoms with Gasteiger partial charge in [-0.1, -0.05) is 0 Å². The second-order valence-electron chi connectivity index (χ2n) is 5.03. The smallest absolute Gasteiger partial charge is 0.289 e. The molecular formula is C15H16N3O2S+. The van der Waals surface area contributed by atoms with Crippen molar-refractivity contribution in [1.29, 1.82) is 0 Å². The molecule has 5 nitrogen and oxygen atoms in total. The lowest BCUT2D eigenvalue weighted by atomic mass is 10.2. The molecule has 0 amide bonds. The fourth-order valence-corrected chi connectivity index (χ4v) is 3.34. The Kier molecular flexibility index (Phi) is 3.17. The Bertz CT molecular complexity index is 924. The van der Waals surface area contributed by atoms with Crippen LogP contribution in [-0.2, 0) is 0 Å². The van der Waals surface area contributed by atoms with Crippen molar-refractivity contribution in [2.45, 2.75) is 0 Å². The summed E-state index contributed by atoms with van der Waals surface area (Å²) < 4.78 is 1.02. The molecule has 0 radical (unpaired) electrons. The van der Waals surface area contributed by atoms with Crippen LogP contribution < -0.4 is 20.7 Å². The number of fused-ring (bicyclic) bond motifs is 2. The van der Waals surface area contributed by atoms with Crippen LogP contribution in [0.1, 0.15) is 0 Å². The predicted molar refractivity (Wildman–Crippen MR) is 85.1 cm³/mol. The maximum atomic E-state index is 11.9. The first-order valence-corrected chi connectivity index (χ1v) is 7.34. The third kappa shape index (κ3) is 2.17. The van der Waals surface area contributed by atoms with Gasteiger partial charge in [0.25, 0.3) is 10.8 Å². The Morgan fingerprint density at radius 1 is 1.29 bits per heavy atom. The molecular weight excluding hydrogens is 286 g/mol. The lowest BCUT2D eigenvalue weighted by Gasteiger charge is -2.14. The van der Waals surface area contributed by atoms with Crippen molar-refractivity contribution in [1.82, 2.24) is 4.98 Å². The van der Waals surface area contributed by atoms with E-state index in [-0.39, 0.29) is 16.5 Å². The summed E-state index contributed by atoms with van der Waals surface area (Å²) in [6.45, 7) is 0. The number of phenolic OH excluding ortho intramolecular Hbond substituents is 1. The lowest BCUT2D eigenvalue weighted by molar-refractivity contribution is -0.467. The summed E-state index contributed by atoms with van der Waals surface area (Å²) in [7, 11) is 5.59. The number of rotatable bonds is 1. The van der Waals surface area contributed by atoms with Gasteiger partial charge >= 0.3 is 0 Å². The lowest BCUT2D eigenvalue weighted by Crippen LogP contribution is -2.75. The van der Waals surface area contributed by atoms with E-state index in [0.29, 0.717) is 10.6 Å². The van der Waals surface area contributed by atoms with Crippen LogP contribution in [0.4, 0.5) is 5.69 Å². The van der Waals surface area contributed by atoms with Crippen LogP contribution in [-0.4, -0.2) is 31.2 Å². The van der Waals surface area contributed by atoms with Crippen LogP contribution >= 0.6 is 11.3 Å². The van der Waals surface area contributed by atoms with E-state index in [2.05, 4.69) is 16.0 Å². The molecule has 1 aromatic carbocycles.